The zero-order valence-corrected chi connectivity index (χ0v) is 14.9. The number of fused-ring (bicyclic) bond motifs is 1. The molecule has 4 amide bonds. The Kier molecular flexibility index (Phi) is 4.65. The molecule has 8 heteroatoms. The molecule has 2 atom stereocenters. The number of piperidine rings is 1. The summed E-state index contributed by atoms with van der Waals surface area (Å²) in [7, 11) is 0. The van der Waals surface area contributed by atoms with Gasteiger partial charge in [-0.2, -0.15) is 0 Å². The van der Waals surface area contributed by atoms with Gasteiger partial charge >= 0.3 is 0 Å². The van der Waals surface area contributed by atoms with Crippen LogP contribution in [0.15, 0.2) is 18.2 Å². The number of nitrogens with zero attached hydrogens (tertiary/aromatic N) is 1. The summed E-state index contributed by atoms with van der Waals surface area (Å²) in [6.07, 6.45) is 2.50. The largest absolute Gasteiger partial charge is 0.385 e. The van der Waals surface area contributed by atoms with Crippen molar-refractivity contribution in [2.75, 3.05) is 25.0 Å². The summed E-state index contributed by atoms with van der Waals surface area (Å²) in [5, 5.41) is 8.85. The van der Waals surface area contributed by atoms with E-state index in [-0.39, 0.29) is 18.7 Å². The predicted molar refractivity (Wildman–Crippen MR) is 97.2 cm³/mol. The predicted octanol–water partition coefficient (Wildman–Crippen LogP) is 0.499. The molecule has 3 N–H and O–H groups in total. The first-order valence-corrected chi connectivity index (χ1v) is 9.35. The van der Waals surface area contributed by atoms with Crippen LogP contribution in [-0.4, -0.2) is 54.2 Å². The quantitative estimate of drug-likeness (QED) is 0.652. The van der Waals surface area contributed by atoms with Gasteiger partial charge in [0.05, 0.1) is 11.1 Å². The number of imide groups is 2. The van der Waals surface area contributed by atoms with Gasteiger partial charge in [0.2, 0.25) is 11.8 Å². The Morgan fingerprint density at radius 2 is 1.89 bits per heavy atom. The van der Waals surface area contributed by atoms with E-state index in [0.29, 0.717) is 17.0 Å². The Hall–Kier alpha value is -2.74. The van der Waals surface area contributed by atoms with Crippen LogP contribution in [0.4, 0.5) is 5.69 Å². The summed E-state index contributed by atoms with van der Waals surface area (Å²) in [6.45, 7) is 2.90. The van der Waals surface area contributed by atoms with Crippen LogP contribution in [0.25, 0.3) is 0 Å². The molecule has 0 aliphatic carbocycles. The molecule has 2 fully saturated rings. The smallest absolute Gasteiger partial charge is 0.262 e. The summed E-state index contributed by atoms with van der Waals surface area (Å²) in [5.74, 6) is -1.26. The monoisotopic (exact) mass is 370 g/mol. The second-order valence-corrected chi connectivity index (χ2v) is 7.28. The van der Waals surface area contributed by atoms with E-state index < -0.39 is 23.8 Å². The first-order valence-electron chi connectivity index (χ1n) is 9.35. The fourth-order valence-electron chi connectivity index (χ4n) is 3.96. The van der Waals surface area contributed by atoms with Crippen LogP contribution in [0, 0.1) is 5.92 Å². The van der Waals surface area contributed by atoms with E-state index in [0.717, 1.165) is 36.6 Å². The van der Waals surface area contributed by atoms with Crippen molar-refractivity contribution in [3.63, 3.8) is 0 Å². The van der Waals surface area contributed by atoms with E-state index in [2.05, 4.69) is 16.0 Å². The molecular formula is C19H22N4O4. The third-order valence-electron chi connectivity index (χ3n) is 5.48. The molecule has 8 nitrogen and oxygen atoms in total. The summed E-state index contributed by atoms with van der Waals surface area (Å²) >= 11 is 0. The van der Waals surface area contributed by atoms with Gasteiger partial charge in [0.15, 0.2) is 0 Å². The van der Waals surface area contributed by atoms with Crippen molar-refractivity contribution in [1.82, 2.24) is 15.5 Å². The zero-order valence-electron chi connectivity index (χ0n) is 14.9. The zero-order chi connectivity index (χ0) is 19.0. The number of nitrogens with one attached hydrogen (secondary N) is 3. The highest BCUT2D eigenvalue weighted by atomic mass is 16.2. The van der Waals surface area contributed by atoms with E-state index in [1.54, 1.807) is 18.2 Å². The lowest BCUT2D eigenvalue weighted by Gasteiger charge is -2.27. The van der Waals surface area contributed by atoms with Crippen LogP contribution >= 0.6 is 0 Å². The van der Waals surface area contributed by atoms with Gasteiger partial charge in [-0.25, -0.2) is 0 Å². The minimum Gasteiger partial charge on any atom is -0.385 e. The van der Waals surface area contributed by atoms with Crippen LogP contribution in [0.2, 0.25) is 0 Å². The first kappa shape index (κ1) is 17.7. The molecule has 0 spiro atoms. The molecule has 1 aromatic rings. The number of anilines is 1. The lowest BCUT2D eigenvalue weighted by atomic mass is 10.0. The molecular weight excluding hydrogens is 348 g/mol. The number of hydrogen-bond donors (Lipinski definition) is 3. The molecule has 3 aliphatic heterocycles. The van der Waals surface area contributed by atoms with Crippen LogP contribution in [-0.2, 0) is 9.59 Å². The molecule has 27 heavy (non-hydrogen) atoms. The highest BCUT2D eigenvalue weighted by Crippen LogP contribution is 2.29. The van der Waals surface area contributed by atoms with Gasteiger partial charge in [-0.3, -0.25) is 29.4 Å². The van der Waals surface area contributed by atoms with Gasteiger partial charge in [0, 0.05) is 18.7 Å². The molecule has 0 saturated carbocycles. The summed E-state index contributed by atoms with van der Waals surface area (Å²) < 4.78 is 0. The average Bonchev–Trinajstić information content (AvgIpc) is 3.24. The molecule has 3 aliphatic rings. The van der Waals surface area contributed by atoms with Gasteiger partial charge in [-0.05, 0) is 56.5 Å². The molecule has 0 aromatic heterocycles. The third-order valence-corrected chi connectivity index (χ3v) is 5.48. The average molecular weight is 370 g/mol. The maximum atomic E-state index is 12.8. The number of carbonyl (C=O) groups excluding carboxylic acids is 4. The van der Waals surface area contributed by atoms with Crippen LogP contribution in [0.3, 0.4) is 0 Å². The van der Waals surface area contributed by atoms with Gasteiger partial charge in [0.25, 0.3) is 11.8 Å². The van der Waals surface area contributed by atoms with Crippen molar-refractivity contribution in [3.05, 3.63) is 29.3 Å². The van der Waals surface area contributed by atoms with Crippen molar-refractivity contribution in [2.24, 2.45) is 5.92 Å². The lowest BCUT2D eigenvalue weighted by Crippen LogP contribution is -2.54. The molecule has 4 rings (SSSR count). The fourth-order valence-corrected chi connectivity index (χ4v) is 3.96. The van der Waals surface area contributed by atoms with Crippen LogP contribution in [0.1, 0.15) is 46.4 Å². The second-order valence-electron chi connectivity index (χ2n) is 7.28. The Morgan fingerprint density at radius 1 is 1.07 bits per heavy atom. The van der Waals surface area contributed by atoms with Crippen molar-refractivity contribution in [2.45, 2.75) is 31.7 Å². The van der Waals surface area contributed by atoms with Gasteiger partial charge in [0.1, 0.15) is 6.04 Å². The number of hydrogen-bond acceptors (Lipinski definition) is 6. The van der Waals surface area contributed by atoms with Gasteiger partial charge in [-0.15, -0.1) is 0 Å². The minimum absolute atomic E-state index is 0.118. The van der Waals surface area contributed by atoms with E-state index in [1.807, 2.05) is 0 Å². The number of carbonyl (C=O) groups is 4. The highest BCUT2D eigenvalue weighted by Gasteiger charge is 2.44. The van der Waals surface area contributed by atoms with E-state index in [1.165, 1.54) is 6.42 Å². The normalized spacial score (nSPS) is 25.0. The summed E-state index contributed by atoms with van der Waals surface area (Å²) in [4.78, 5) is 49.8. The van der Waals surface area contributed by atoms with Crippen LogP contribution in [0.5, 0.6) is 0 Å². The van der Waals surface area contributed by atoms with Crippen molar-refractivity contribution in [1.29, 1.82) is 0 Å². The van der Waals surface area contributed by atoms with E-state index >= 15 is 0 Å². The molecule has 142 valence electrons. The lowest BCUT2D eigenvalue weighted by molar-refractivity contribution is -0.136. The first-order chi connectivity index (χ1) is 13.0. The maximum Gasteiger partial charge on any atom is 0.262 e. The van der Waals surface area contributed by atoms with Crippen molar-refractivity contribution in [3.8, 4) is 0 Å². The van der Waals surface area contributed by atoms with Crippen LogP contribution < -0.4 is 16.0 Å². The molecule has 2 saturated heterocycles. The Labute approximate surface area is 156 Å². The summed E-state index contributed by atoms with van der Waals surface area (Å²) in [6, 6.07) is 4.15. The Bertz CT molecular complexity index is 816. The third kappa shape index (κ3) is 3.32. The van der Waals surface area contributed by atoms with Crippen molar-refractivity contribution >= 4 is 29.3 Å². The topological polar surface area (TPSA) is 108 Å². The number of benzene rings is 1. The second kappa shape index (κ2) is 7.11. The van der Waals surface area contributed by atoms with Gasteiger partial charge in [-0.1, -0.05) is 0 Å². The standard InChI is InChI=1S/C19H22N4O4/c24-16-4-3-15(17(25)22-16)23-18(26)13-2-1-12(9-14(13)19(23)27)21-8-6-11-5-7-20-10-11/h1-2,9,11,15,20-21H,3-8,10H2,(H,22,24,25)/t11-,15?/m0/s1. The molecule has 1 aromatic carbocycles. The molecule has 0 radical (unpaired) electrons. The van der Waals surface area contributed by atoms with Gasteiger partial charge < -0.3 is 10.6 Å². The Morgan fingerprint density at radius 3 is 2.63 bits per heavy atom. The molecule has 0 bridgehead atoms. The minimum atomic E-state index is -0.929. The highest BCUT2D eigenvalue weighted by molar-refractivity contribution is 6.23. The summed E-state index contributed by atoms with van der Waals surface area (Å²) in [5.41, 5.74) is 1.39. The molecule has 3 heterocycles. The molecule has 1 unspecified atom stereocenters. The number of amides is 4. The van der Waals surface area contributed by atoms with E-state index in [4.69, 9.17) is 0 Å². The van der Waals surface area contributed by atoms with E-state index in [9.17, 15) is 19.2 Å². The maximum absolute atomic E-state index is 12.8. The number of rotatable bonds is 5. The van der Waals surface area contributed by atoms with Crippen molar-refractivity contribution < 1.29 is 19.2 Å². The Balaban J connectivity index is 1.46. The SMILES string of the molecule is O=C1CCC(N2C(=O)c3ccc(NCC[C@@H]4CCNC4)cc3C2=O)C(=O)N1. The fraction of sp³-hybridized carbons (Fsp3) is 0.474.